The minimum atomic E-state index is 0.393. The SMILES string of the molecule is Cc1ccc(Nc2ccc(C)nc2C)c(C(N)=S)c1. The largest absolute Gasteiger partial charge is 0.389 e. The van der Waals surface area contributed by atoms with E-state index >= 15 is 0 Å². The Morgan fingerprint density at radius 3 is 2.42 bits per heavy atom. The van der Waals surface area contributed by atoms with Crippen molar-refractivity contribution in [1.29, 1.82) is 0 Å². The van der Waals surface area contributed by atoms with E-state index in [2.05, 4.69) is 10.3 Å². The molecule has 0 bridgehead atoms. The number of pyridine rings is 1. The molecule has 0 aliphatic heterocycles. The number of hydrogen-bond acceptors (Lipinski definition) is 3. The molecule has 1 heterocycles. The Morgan fingerprint density at radius 2 is 1.79 bits per heavy atom. The van der Waals surface area contributed by atoms with Crippen molar-refractivity contribution in [3.63, 3.8) is 0 Å². The van der Waals surface area contributed by atoms with E-state index < -0.39 is 0 Å². The van der Waals surface area contributed by atoms with Gasteiger partial charge in [-0.1, -0.05) is 23.8 Å². The third-order valence-corrected chi connectivity index (χ3v) is 3.15. The maximum absolute atomic E-state index is 5.78. The fourth-order valence-corrected chi connectivity index (χ4v) is 2.10. The van der Waals surface area contributed by atoms with Crippen LogP contribution in [0.25, 0.3) is 0 Å². The van der Waals surface area contributed by atoms with E-state index in [9.17, 15) is 0 Å². The van der Waals surface area contributed by atoms with Crippen molar-refractivity contribution in [2.75, 3.05) is 5.32 Å². The standard InChI is InChI=1S/C15H17N3S/c1-9-4-6-14(12(8-9)15(16)19)18-13-7-5-10(2)17-11(13)3/h4-8,18H,1-3H3,(H2,16,19). The lowest BCUT2D eigenvalue weighted by molar-refractivity contribution is 1.12. The smallest absolute Gasteiger partial charge is 0.106 e. The van der Waals surface area contributed by atoms with Crippen LogP contribution in [0.3, 0.4) is 0 Å². The molecule has 19 heavy (non-hydrogen) atoms. The quantitative estimate of drug-likeness (QED) is 0.840. The van der Waals surface area contributed by atoms with Crippen molar-refractivity contribution in [3.8, 4) is 0 Å². The summed E-state index contributed by atoms with van der Waals surface area (Å²) in [5.41, 5.74) is 11.6. The summed E-state index contributed by atoms with van der Waals surface area (Å²) in [7, 11) is 0. The molecule has 2 rings (SSSR count). The summed E-state index contributed by atoms with van der Waals surface area (Å²) in [4.78, 5) is 4.83. The van der Waals surface area contributed by atoms with Gasteiger partial charge in [0.1, 0.15) is 4.99 Å². The molecule has 98 valence electrons. The van der Waals surface area contributed by atoms with Gasteiger partial charge in [0.2, 0.25) is 0 Å². The summed E-state index contributed by atoms with van der Waals surface area (Å²) in [6.07, 6.45) is 0. The highest BCUT2D eigenvalue weighted by Crippen LogP contribution is 2.24. The van der Waals surface area contributed by atoms with Crippen molar-refractivity contribution in [2.45, 2.75) is 20.8 Å². The van der Waals surface area contributed by atoms with Gasteiger partial charge in [-0.25, -0.2) is 0 Å². The molecule has 0 unspecified atom stereocenters. The van der Waals surface area contributed by atoms with Gasteiger partial charge in [0.15, 0.2) is 0 Å². The number of anilines is 2. The number of rotatable bonds is 3. The molecule has 0 saturated heterocycles. The summed E-state index contributed by atoms with van der Waals surface area (Å²) < 4.78 is 0. The Bertz CT molecular complexity index is 635. The maximum atomic E-state index is 5.78. The zero-order valence-electron chi connectivity index (χ0n) is 11.3. The normalized spacial score (nSPS) is 10.3. The van der Waals surface area contributed by atoms with Crippen molar-refractivity contribution in [2.24, 2.45) is 5.73 Å². The van der Waals surface area contributed by atoms with Gasteiger partial charge in [-0.05, 0) is 45.0 Å². The molecule has 0 saturated carbocycles. The molecule has 0 amide bonds. The third kappa shape index (κ3) is 3.09. The van der Waals surface area contributed by atoms with Gasteiger partial charge in [-0.3, -0.25) is 4.98 Å². The third-order valence-electron chi connectivity index (χ3n) is 2.93. The van der Waals surface area contributed by atoms with Crippen molar-refractivity contribution in [3.05, 3.63) is 52.8 Å². The van der Waals surface area contributed by atoms with Gasteiger partial charge in [-0.2, -0.15) is 0 Å². The van der Waals surface area contributed by atoms with Gasteiger partial charge >= 0.3 is 0 Å². The Morgan fingerprint density at radius 1 is 1.11 bits per heavy atom. The molecule has 3 N–H and O–H groups in total. The van der Waals surface area contributed by atoms with E-state index in [1.807, 2.05) is 51.1 Å². The first-order valence-corrected chi connectivity index (χ1v) is 6.50. The molecule has 0 atom stereocenters. The predicted molar refractivity (Wildman–Crippen MR) is 84.1 cm³/mol. The van der Waals surface area contributed by atoms with Crippen molar-refractivity contribution < 1.29 is 0 Å². The molecule has 4 heteroatoms. The monoisotopic (exact) mass is 271 g/mol. The molecule has 0 aliphatic carbocycles. The summed E-state index contributed by atoms with van der Waals surface area (Å²) in [5, 5.41) is 3.35. The average molecular weight is 271 g/mol. The Hall–Kier alpha value is -1.94. The molecule has 1 aromatic carbocycles. The van der Waals surface area contributed by atoms with Gasteiger partial charge in [0.25, 0.3) is 0 Å². The van der Waals surface area contributed by atoms with Crippen molar-refractivity contribution >= 4 is 28.6 Å². The number of thiocarbonyl (C=S) groups is 1. The lowest BCUT2D eigenvalue weighted by atomic mass is 10.1. The van der Waals surface area contributed by atoms with Crippen LogP contribution in [0.4, 0.5) is 11.4 Å². The summed E-state index contributed by atoms with van der Waals surface area (Å²) in [5.74, 6) is 0. The molecule has 0 spiro atoms. The van der Waals surface area contributed by atoms with Crippen LogP contribution in [0, 0.1) is 20.8 Å². The molecule has 0 radical (unpaired) electrons. The van der Waals surface area contributed by atoms with Crippen LogP contribution < -0.4 is 11.1 Å². The van der Waals surface area contributed by atoms with Crippen LogP contribution in [0.15, 0.2) is 30.3 Å². The lowest BCUT2D eigenvalue weighted by Crippen LogP contribution is -2.12. The Labute approximate surface area is 118 Å². The van der Waals surface area contributed by atoms with Gasteiger partial charge in [-0.15, -0.1) is 0 Å². The van der Waals surface area contributed by atoms with Crippen LogP contribution in [-0.2, 0) is 0 Å². The number of benzene rings is 1. The zero-order chi connectivity index (χ0) is 14.0. The minimum absolute atomic E-state index is 0.393. The molecule has 0 aliphatic rings. The maximum Gasteiger partial charge on any atom is 0.106 e. The summed E-state index contributed by atoms with van der Waals surface area (Å²) in [6.45, 7) is 5.97. The fraction of sp³-hybridized carbons (Fsp3) is 0.200. The van der Waals surface area contributed by atoms with Crippen LogP contribution in [0.5, 0.6) is 0 Å². The Kier molecular flexibility index (Phi) is 3.81. The van der Waals surface area contributed by atoms with Crippen LogP contribution in [-0.4, -0.2) is 9.97 Å². The number of aromatic nitrogens is 1. The second kappa shape index (κ2) is 5.36. The molecule has 2 aromatic rings. The van der Waals surface area contributed by atoms with E-state index in [4.69, 9.17) is 18.0 Å². The highest BCUT2D eigenvalue weighted by atomic mass is 32.1. The van der Waals surface area contributed by atoms with Crippen LogP contribution in [0.2, 0.25) is 0 Å². The van der Waals surface area contributed by atoms with Gasteiger partial charge in [0.05, 0.1) is 11.4 Å². The number of nitrogens with two attached hydrogens (primary N) is 1. The highest BCUT2D eigenvalue weighted by molar-refractivity contribution is 7.80. The molecule has 0 fully saturated rings. The zero-order valence-corrected chi connectivity index (χ0v) is 12.1. The van der Waals surface area contributed by atoms with E-state index in [0.717, 1.165) is 33.9 Å². The van der Waals surface area contributed by atoms with E-state index in [1.54, 1.807) is 0 Å². The number of nitrogens with one attached hydrogen (secondary N) is 1. The fourth-order valence-electron chi connectivity index (χ4n) is 1.93. The first-order chi connectivity index (χ1) is 8.97. The van der Waals surface area contributed by atoms with Gasteiger partial charge < -0.3 is 11.1 Å². The molecule has 3 nitrogen and oxygen atoms in total. The van der Waals surface area contributed by atoms with E-state index in [1.165, 1.54) is 0 Å². The predicted octanol–water partition coefficient (Wildman–Crippen LogP) is 3.38. The molecule has 1 aromatic heterocycles. The lowest BCUT2D eigenvalue weighted by Gasteiger charge is -2.13. The number of aryl methyl sites for hydroxylation is 3. The van der Waals surface area contributed by atoms with Crippen molar-refractivity contribution in [1.82, 2.24) is 4.98 Å². The second-order valence-corrected chi connectivity index (χ2v) is 5.06. The summed E-state index contributed by atoms with van der Waals surface area (Å²) >= 11 is 5.10. The van der Waals surface area contributed by atoms with E-state index in [0.29, 0.717) is 4.99 Å². The average Bonchev–Trinajstić information content (AvgIpc) is 2.34. The first-order valence-electron chi connectivity index (χ1n) is 6.09. The topological polar surface area (TPSA) is 50.9 Å². The van der Waals surface area contributed by atoms with Gasteiger partial charge in [0, 0.05) is 16.9 Å². The molecular formula is C15H17N3S. The second-order valence-electron chi connectivity index (χ2n) is 4.62. The first kappa shape index (κ1) is 13.5. The van der Waals surface area contributed by atoms with E-state index in [-0.39, 0.29) is 0 Å². The molecular weight excluding hydrogens is 254 g/mol. The van der Waals surface area contributed by atoms with Crippen LogP contribution in [0.1, 0.15) is 22.5 Å². The summed E-state index contributed by atoms with van der Waals surface area (Å²) in [6, 6.07) is 10.00. The highest BCUT2D eigenvalue weighted by Gasteiger charge is 2.07. The minimum Gasteiger partial charge on any atom is -0.389 e. The Balaban J connectivity index is 2.40. The number of hydrogen-bond donors (Lipinski definition) is 2. The van der Waals surface area contributed by atoms with Crippen LogP contribution >= 0.6 is 12.2 Å². The number of nitrogens with zero attached hydrogens (tertiary/aromatic N) is 1.